The molecule has 3 aliphatic heterocycles. The van der Waals surface area contributed by atoms with Crippen LogP contribution in [0.3, 0.4) is 0 Å². The first-order valence-corrected chi connectivity index (χ1v) is 8.73. The summed E-state index contributed by atoms with van der Waals surface area (Å²) in [5.41, 5.74) is 0.327. The third-order valence-electron chi connectivity index (χ3n) is 5.30. The number of hydrogen-bond donors (Lipinski definition) is 0. The van der Waals surface area contributed by atoms with Crippen molar-refractivity contribution in [2.24, 2.45) is 5.92 Å². The third kappa shape index (κ3) is 2.51. The van der Waals surface area contributed by atoms with E-state index in [-0.39, 0.29) is 36.5 Å². The van der Waals surface area contributed by atoms with E-state index in [1.54, 1.807) is 29.2 Å². The van der Waals surface area contributed by atoms with Crippen molar-refractivity contribution in [3.8, 4) is 0 Å². The van der Waals surface area contributed by atoms with Gasteiger partial charge in [-0.2, -0.15) is 0 Å². The average molecular weight is 342 g/mol. The molecule has 1 atom stereocenters. The molecule has 1 aromatic carbocycles. The lowest BCUT2D eigenvalue weighted by molar-refractivity contribution is 0.0161. The first kappa shape index (κ1) is 16.1. The molecule has 2 saturated heterocycles. The molecule has 0 spiro atoms. The Kier molecular flexibility index (Phi) is 3.42. The predicted molar refractivity (Wildman–Crippen MR) is 90.2 cm³/mol. The lowest BCUT2D eigenvalue weighted by atomic mass is 9.83. The second-order valence-corrected chi connectivity index (χ2v) is 8.11. The summed E-state index contributed by atoms with van der Waals surface area (Å²) in [7, 11) is 0. The monoisotopic (exact) mass is 342 g/mol. The van der Waals surface area contributed by atoms with Crippen molar-refractivity contribution in [2.45, 2.75) is 51.3 Å². The van der Waals surface area contributed by atoms with Crippen LogP contribution in [0.2, 0.25) is 0 Å². The van der Waals surface area contributed by atoms with Gasteiger partial charge in [0.05, 0.1) is 23.7 Å². The molecule has 4 aliphatic rings. The number of nitrogens with zero attached hydrogens (tertiary/aromatic N) is 2. The standard InChI is InChI=1S/C19H22N2O4/c1-19(2,3)25-18(24)21-12-8-11(9-12)15(21)10-20-16(22)13-6-4-5-7-14(13)17(20)23/h4-7,11-12,15H,8-10H2,1-3H3/t11?,12?,15-/m0/s1. The second kappa shape index (κ2) is 5.31. The molecule has 3 heterocycles. The van der Waals surface area contributed by atoms with E-state index in [1.807, 2.05) is 20.8 Å². The molecule has 132 valence electrons. The van der Waals surface area contributed by atoms with Gasteiger partial charge in [-0.3, -0.25) is 14.5 Å². The van der Waals surface area contributed by atoms with Gasteiger partial charge in [-0.1, -0.05) is 12.1 Å². The van der Waals surface area contributed by atoms with Crippen LogP contribution in [-0.4, -0.2) is 51.9 Å². The minimum atomic E-state index is -0.565. The van der Waals surface area contributed by atoms with Crippen LogP contribution >= 0.6 is 0 Å². The summed E-state index contributed by atoms with van der Waals surface area (Å²) in [6, 6.07) is 6.88. The molecule has 1 aliphatic carbocycles. The van der Waals surface area contributed by atoms with Gasteiger partial charge in [-0.05, 0) is 51.7 Å². The Balaban J connectivity index is 1.54. The van der Waals surface area contributed by atoms with E-state index in [0.717, 1.165) is 12.8 Å². The Morgan fingerprint density at radius 1 is 1.12 bits per heavy atom. The Morgan fingerprint density at radius 3 is 2.20 bits per heavy atom. The third-order valence-corrected chi connectivity index (χ3v) is 5.30. The number of hydrogen-bond acceptors (Lipinski definition) is 4. The van der Waals surface area contributed by atoms with Crippen molar-refractivity contribution in [3.63, 3.8) is 0 Å². The Hall–Kier alpha value is -2.37. The number of amides is 3. The van der Waals surface area contributed by atoms with Crippen molar-refractivity contribution in [1.29, 1.82) is 0 Å². The molecule has 0 unspecified atom stereocenters. The van der Waals surface area contributed by atoms with Gasteiger partial charge in [0.25, 0.3) is 11.8 Å². The molecule has 0 radical (unpaired) electrons. The van der Waals surface area contributed by atoms with Gasteiger partial charge in [-0.25, -0.2) is 4.79 Å². The van der Waals surface area contributed by atoms with Crippen LogP contribution in [0.5, 0.6) is 0 Å². The summed E-state index contributed by atoms with van der Waals surface area (Å²) in [6.07, 6.45) is 1.50. The van der Waals surface area contributed by atoms with Crippen molar-refractivity contribution < 1.29 is 19.1 Å². The van der Waals surface area contributed by atoms with E-state index in [1.165, 1.54) is 4.90 Å². The summed E-state index contributed by atoms with van der Waals surface area (Å²) >= 11 is 0. The molecular formula is C19H22N2O4. The Morgan fingerprint density at radius 2 is 1.68 bits per heavy atom. The van der Waals surface area contributed by atoms with Gasteiger partial charge in [0.2, 0.25) is 0 Å². The fourth-order valence-electron chi connectivity index (χ4n) is 4.10. The normalized spacial score (nSPS) is 27.4. The molecule has 1 saturated carbocycles. The molecule has 0 aromatic heterocycles. The van der Waals surface area contributed by atoms with E-state index >= 15 is 0 Å². The van der Waals surface area contributed by atoms with Gasteiger partial charge < -0.3 is 9.64 Å². The number of ether oxygens (including phenoxy) is 1. The minimum Gasteiger partial charge on any atom is -0.444 e. The van der Waals surface area contributed by atoms with Gasteiger partial charge in [0.15, 0.2) is 0 Å². The molecule has 1 aromatic rings. The Labute approximate surface area is 146 Å². The molecule has 3 fully saturated rings. The predicted octanol–water partition coefficient (Wildman–Crippen LogP) is 2.68. The zero-order chi connectivity index (χ0) is 17.9. The highest BCUT2D eigenvalue weighted by Crippen LogP contribution is 2.47. The largest absolute Gasteiger partial charge is 0.444 e. The van der Waals surface area contributed by atoms with Crippen LogP contribution < -0.4 is 0 Å². The van der Waals surface area contributed by atoms with Crippen LogP contribution in [0, 0.1) is 5.92 Å². The highest BCUT2D eigenvalue weighted by molar-refractivity contribution is 6.21. The molecule has 6 nitrogen and oxygen atoms in total. The maximum atomic E-state index is 12.6. The van der Waals surface area contributed by atoms with E-state index < -0.39 is 5.60 Å². The smallest absolute Gasteiger partial charge is 0.410 e. The molecule has 0 N–H and O–H groups in total. The summed E-state index contributed by atoms with van der Waals surface area (Å²) in [4.78, 5) is 40.8. The number of carbonyl (C=O) groups excluding carboxylic acids is 3. The quantitative estimate of drug-likeness (QED) is 0.775. The van der Waals surface area contributed by atoms with E-state index in [2.05, 4.69) is 0 Å². The van der Waals surface area contributed by atoms with Crippen molar-refractivity contribution in [1.82, 2.24) is 9.80 Å². The summed E-state index contributed by atoms with van der Waals surface area (Å²) in [6.45, 7) is 5.76. The summed E-state index contributed by atoms with van der Waals surface area (Å²) < 4.78 is 5.53. The molecule has 3 amide bonds. The summed E-state index contributed by atoms with van der Waals surface area (Å²) in [5, 5.41) is 0. The second-order valence-electron chi connectivity index (χ2n) is 8.11. The maximum Gasteiger partial charge on any atom is 0.410 e. The minimum absolute atomic E-state index is 0.151. The fourth-order valence-corrected chi connectivity index (χ4v) is 4.10. The van der Waals surface area contributed by atoms with Gasteiger partial charge >= 0.3 is 6.09 Å². The Bertz CT molecular complexity index is 726. The van der Waals surface area contributed by atoms with Gasteiger partial charge in [-0.15, -0.1) is 0 Å². The lowest BCUT2D eigenvalue weighted by Crippen LogP contribution is -2.47. The van der Waals surface area contributed by atoms with E-state index in [0.29, 0.717) is 17.0 Å². The van der Waals surface area contributed by atoms with Crippen LogP contribution in [0.1, 0.15) is 54.3 Å². The van der Waals surface area contributed by atoms with Crippen molar-refractivity contribution >= 4 is 17.9 Å². The number of fused-ring (bicyclic) bond motifs is 2. The first-order valence-electron chi connectivity index (χ1n) is 8.73. The summed E-state index contributed by atoms with van der Waals surface area (Å²) in [5.74, 6) is -0.204. The highest BCUT2D eigenvalue weighted by atomic mass is 16.6. The van der Waals surface area contributed by atoms with Crippen LogP contribution in [0.4, 0.5) is 4.79 Å². The van der Waals surface area contributed by atoms with Gasteiger partial charge in [0.1, 0.15) is 5.60 Å². The van der Waals surface area contributed by atoms with Crippen molar-refractivity contribution in [3.05, 3.63) is 35.4 Å². The van der Waals surface area contributed by atoms with Crippen molar-refractivity contribution in [2.75, 3.05) is 6.54 Å². The zero-order valence-corrected chi connectivity index (χ0v) is 14.7. The molecular weight excluding hydrogens is 320 g/mol. The molecule has 25 heavy (non-hydrogen) atoms. The lowest BCUT2D eigenvalue weighted by Gasteiger charge is -2.30. The molecule has 2 bridgehead atoms. The van der Waals surface area contributed by atoms with Gasteiger partial charge in [0, 0.05) is 6.04 Å². The number of carbonyl (C=O) groups is 3. The van der Waals surface area contributed by atoms with E-state index in [4.69, 9.17) is 4.74 Å². The SMILES string of the molecule is CC(C)(C)OC(=O)N1C2CC(C2)[C@@H]1CN1C(=O)c2ccccc2C1=O. The topological polar surface area (TPSA) is 66.9 Å². The number of imide groups is 1. The number of rotatable bonds is 2. The molecule has 6 heteroatoms. The number of benzene rings is 1. The average Bonchev–Trinajstić information content (AvgIpc) is 3.10. The van der Waals surface area contributed by atoms with Crippen LogP contribution in [0.25, 0.3) is 0 Å². The maximum absolute atomic E-state index is 12.6. The van der Waals surface area contributed by atoms with Crippen LogP contribution in [0.15, 0.2) is 24.3 Å². The highest BCUT2D eigenvalue weighted by Gasteiger charge is 2.55. The fraction of sp³-hybridized carbons (Fsp3) is 0.526. The first-order chi connectivity index (χ1) is 11.8. The molecule has 5 rings (SSSR count). The van der Waals surface area contributed by atoms with E-state index in [9.17, 15) is 14.4 Å². The van der Waals surface area contributed by atoms with Crippen LogP contribution in [-0.2, 0) is 4.74 Å². The zero-order valence-electron chi connectivity index (χ0n) is 14.7.